The maximum atomic E-state index is 12.9. The van der Waals surface area contributed by atoms with Crippen molar-refractivity contribution in [1.29, 1.82) is 0 Å². The largest absolute Gasteiger partial charge is 0.481 e. The molecule has 0 bridgehead atoms. The van der Waals surface area contributed by atoms with Gasteiger partial charge in [-0.2, -0.15) is 0 Å². The quantitative estimate of drug-likeness (QED) is 0.382. The molecule has 3 aromatic rings. The van der Waals surface area contributed by atoms with Crippen LogP contribution in [0, 0.1) is 0 Å². The summed E-state index contributed by atoms with van der Waals surface area (Å²) in [5.41, 5.74) is 1.38. The van der Waals surface area contributed by atoms with Crippen LogP contribution in [0.5, 0.6) is 0 Å². The average molecular weight is 433 g/mol. The van der Waals surface area contributed by atoms with E-state index in [0.717, 1.165) is 31.5 Å². The minimum atomic E-state index is -3.71. The highest BCUT2D eigenvalue weighted by atomic mass is 32.2. The molecule has 0 spiro atoms. The van der Waals surface area contributed by atoms with Gasteiger partial charge in [0.1, 0.15) is 5.52 Å². The Kier molecular flexibility index (Phi) is 5.63. The van der Waals surface area contributed by atoms with Crippen LogP contribution in [-0.2, 0) is 21.2 Å². The Morgan fingerprint density at radius 3 is 2.73 bits per heavy atom. The minimum Gasteiger partial charge on any atom is -0.481 e. The molecule has 1 aliphatic heterocycles. The smallest absolute Gasteiger partial charge is 0.303 e. The molecule has 0 atom stereocenters. The van der Waals surface area contributed by atoms with Crippen LogP contribution >= 0.6 is 0 Å². The summed E-state index contributed by atoms with van der Waals surface area (Å²) in [6.07, 6.45) is 4.07. The van der Waals surface area contributed by atoms with Crippen molar-refractivity contribution < 1.29 is 18.3 Å². The lowest BCUT2D eigenvalue weighted by molar-refractivity contribution is -0.137. The first-order chi connectivity index (χ1) is 14.3. The molecule has 4 rings (SSSR count). The molecule has 0 saturated carbocycles. The summed E-state index contributed by atoms with van der Waals surface area (Å²) in [5, 5.41) is 13.4. The summed E-state index contributed by atoms with van der Waals surface area (Å²) in [6.45, 7) is 1.55. The van der Waals surface area contributed by atoms with E-state index in [1.165, 1.54) is 6.07 Å². The Labute approximate surface area is 172 Å². The summed E-state index contributed by atoms with van der Waals surface area (Å²) in [4.78, 5) is 29.1. The molecular weight excluding hydrogens is 408 g/mol. The zero-order chi connectivity index (χ0) is 21.3. The van der Waals surface area contributed by atoms with Crippen LogP contribution in [0.4, 0.5) is 0 Å². The molecule has 160 valence electrons. The normalized spacial score (nSPS) is 15.7. The molecule has 9 nitrogen and oxygen atoms in total. The van der Waals surface area contributed by atoms with Gasteiger partial charge in [-0.1, -0.05) is 0 Å². The fourth-order valence-electron chi connectivity index (χ4n) is 4.00. The van der Waals surface area contributed by atoms with Gasteiger partial charge in [-0.25, -0.2) is 13.1 Å². The molecule has 2 aromatic heterocycles. The van der Waals surface area contributed by atoms with Gasteiger partial charge in [-0.15, -0.1) is 0 Å². The summed E-state index contributed by atoms with van der Waals surface area (Å²) in [7, 11) is -3.71. The molecule has 1 saturated heterocycles. The molecule has 0 radical (unpaired) electrons. The van der Waals surface area contributed by atoms with Crippen molar-refractivity contribution in [3.63, 3.8) is 0 Å². The van der Waals surface area contributed by atoms with Gasteiger partial charge in [0.2, 0.25) is 10.0 Å². The highest BCUT2D eigenvalue weighted by Crippen LogP contribution is 2.28. The number of rotatable bonds is 7. The third-order valence-electron chi connectivity index (χ3n) is 5.51. The van der Waals surface area contributed by atoms with Gasteiger partial charge in [-0.05, 0) is 62.5 Å². The van der Waals surface area contributed by atoms with Crippen molar-refractivity contribution >= 4 is 37.8 Å². The summed E-state index contributed by atoms with van der Waals surface area (Å²) in [6, 6.07) is 4.55. The monoisotopic (exact) mass is 432 g/mol. The number of piperidine rings is 1. The number of H-pyrrole nitrogens is 2. The number of carboxylic acid groups (broad SMARTS) is 1. The highest BCUT2D eigenvalue weighted by molar-refractivity contribution is 7.89. The Morgan fingerprint density at radius 2 is 2.00 bits per heavy atom. The second-order valence-corrected chi connectivity index (χ2v) is 9.33. The lowest BCUT2D eigenvalue weighted by atomic mass is 10.0. The van der Waals surface area contributed by atoms with Crippen molar-refractivity contribution in [3.05, 3.63) is 40.3 Å². The lowest BCUT2D eigenvalue weighted by Crippen LogP contribution is -2.42. The Hall–Kier alpha value is -2.69. The predicted octanol–water partition coefficient (Wildman–Crippen LogP) is 1.45. The van der Waals surface area contributed by atoms with E-state index in [0.29, 0.717) is 34.6 Å². The number of carboxylic acids is 1. The summed E-state index contributed by atoms with van der Waals surface area (Å²) >= 11 is 0. The van der Waals surface area contributed by atoms with E-state index in [1.54, 1.807) is 18.3 Å². The molecule has 3 heterocycles. The van der Waals surface area contributed by atoms with Gasteiger partial charge >= 0.3 is 5.97 Å². The number of aliphatic carboxylic acids is 1. The van der Waals surface area contributed by atoms with Gasteiger partial charge < -0.3 is 20.4 Å². The van der Waals surface area contributed by atoms with Gasteiger partial charge in [0.05, 0.1) is 4.90 Å². The molecule has 0 unspecified atom stereocenters. The van der Waals surface area contributed by atoms with Crippen molar-refractivity contribution in [3.8, 4) is 0 Å². The molecule has 1 aromatic carbocycles. The van der Waals surface area contributed by atoms with E-state index < -0.39 is 16.0 Å². The van der Waals surface area contributed by atoms with E-state index >= 15 is 0 Å². The van der Waals surface area contributed by atoms with Crippen LogP contribution in [0.3, 0.4) is 0 Å². The topological polar surface area (TPSA) is 144 Å². The number of benzene rings is 1. The molecule has 0 aliphatic carbocycles. The van der Waals surface area contributed by atoms with Crippen molar-refractivity contribution in [1.82, 2.24) is 20.0 Å². The van der Waals surface area contributed by atoms with E-state index in [2.05, 4.69) is 20.0 Å². The Balaban J connectivity index is 1.75. The number of pyridine rings is 1. The van der Waals surface area contributed by atoms with Gasteiger partial charge in [-0.3, -0.25) is 9.59 Å². The second-order valence-electron chi connectivity index (χ2n) is 7.62. The van der Waals surface area contributed by atoms with Gasteiger partial charge in [0, 0.05) is 34.9 Å². The third-order valence-corrected chi connectivity index (χ3v) is 7.02. The van der Waals surface area contributed by atoms with Crippen molar-refractivity contribution in [2.24, 2.45) is 0 Å². The summed E-state index contributed by atoms with van der Waals surface area (Å²) < 4.78 is 28.7. The number of hydrogen-bond acceptors (Lipinski definition) is 5. The van der Waals surface area contributed by atoms with E-state index in [4.69, 9.17) is 5.11 Å². The Bertz CT molecular complexity index is 1260. The van der Waals surface area contributed by atoms with Crippen LogP contribution < -0.4 is 15.6 Å². The van der Waals surface area contributed by atoms with E-state index in [9.17, 15) is 18.0 Å². The van der Waals surface area contributed by atoms with Crippen LogP contribution in [0.15, 0.2) is 34.1 Å². The van der Waals surface area contributed by atoms with E-state index in [-0.39, 0.29) is 22.9 Å². The van der Waals surface area contributed by atoms with Crippen LogP contribution in [0.2, 0.25) is 0 Å². The number of fused-ring (bicyclic) bond motifs is 3. The fraction of sp³-hybridized carbons (Fsp3) is 0.400. The number of nitrogens with one attached hydrogen (secondary N) is 4. The minimum absolute atomic E-state index is 0.0214. The summed E-state index contributed by atoms with van der Waals surface area (Å²) in [5.74, 6) is -0.880. The molecule has 10 heteroatoms. The molecule has 1 fully saturated rings. The first-order valence-corrected chi connectivity index (χ1v) is 11.4. The Morgan fingerprint density at radius 1 is 1.23 bits per heavy atom. The van der Waals surface area contributed by atoms with Crippen molar-refractivity contribution in [2.75, 3.05) is 13.1 Å². The zero-order valence-electron chi connectivity index (χ0n) is 16.3. The van der Waals surface area contributed by atoms with Crippen LogP contribution in [-0.4, -0.2) is 48.6 Å². The van der Waals surface area contributed by atoms with Crippen LogP contribution in [0.1, 0.15) is 31.2 Å². The van der Waals surface area contributed by atoms with Crippen molar-refractivity contribution in [2.45, 2.75) is 43.0 Å². The van der Waals surface area contributed by atoms with Crippen LogP contribution in [0.25, 0.3) is 21.8 Å². The van der Waals surface area contributed by atoms with E-state index in [1.807, 2.05) is 0 Å². The molecule has 5 N–H and O–H groups in total. The highest BCUT2D eigenvalue weighted by Gasteiger charge is 2.23. The predicted molar refractivity (Wildman–Crippen MR) is 113 cm³/mol. The average Bonchev–Trinajstić information content (AvgIpc) is 3.13. The number of aromatic amines is 2. The maximum absolute atomic E-state index is 12.9. The molecule has 0 amide bonds. The number of carbonyl (C=O) groups is 1. The zero-order valence-corrected chi connectivity index (χ0v) is 17.1. The fourth-order valence-corrected chi connectivity index (χ4v) is 5.33. The molecule has 30 heavy (non-hydrogen) atoms. The number of hydrogen-bond donors (Lipinski definition) is 5. The molecule has 1 aliphatic rings. The standard InChI is InChI=1S/C20H24N4O5S/c25-17(26)3-1-2-12-11-22-19-18(12)15-10-14(4-5-16(15)23-20(19)27)30(28,29)24-13-6-8-21-9-7-13/h4-5,10-11,13,21-22,24H,1-3,6-9H2,(H,23,27)(H,25,26). The number of aryl methyl sites for hydroxylation is 1. The first-order valence-electron chi connectivity index (χ1n) is 9.96. The van der Waals surface area contributed by atoms with Gasteiger partial charge in [0.15, 0.2) is 0 Å². The lowest BCUT2D eigenvalue weighted by Gasteiger charge is -2.23. The SMILES string of the molecule is O=C(O)CCCc1c[nH]c2c(=O)[nH]c3ccc(S(=O)(=O)NC4CCNCC4)cc3c12. The number of aromatic nitrogens is 2. The molecular formula is C20H24N4O5S. The third kappa shape index (κ3) is 4.11. The first kappa shape index (κ1) is 20.6. The maximum Gasteiger partial charge on any atom is 0.303 e. The van der Waals surface area contributed by atoms with Gasteiger partial charge in [0.25, 0.3) is 5.56 Å². The number of sulfonamides is 1. The second kappa shape index (κ2) is 8.21.